The fourth-order valence-corrected chi connectivity index (χ4v) is 3.53. The molecule has 160 valence electrons. The van der Waals surface area contributed by atoms with Crippen LogP contribution in [0.3, 0.4) is 0 Å². The van der Waals surface area contributed by atoms with E-state index >= 15 is 0 Å². The van der Waals surface area contributed by atoms with Crippen molar-refractivity contribution in [3.8, 4) is 0 Å². The van der Waals surface area contributed by atoms with Crippen LogP contribution in [0.5, 0.6) is 0 Å². The number of nitrogens with one attached hydrogen (secondary N) is 2. The van der Waals surface area contributed by atoms with Gasteiger partial charge in [0.05, 0.1) is 0 Å². The highest BCUT2D eigenvalue weighted by Gasteiger charge is 2.15. The van der Waals surface area contributed by atoms with E-state index in [2.05, 4.69) is 92.9 Å². The monoisotopic (exact) mass is 411 g/mol. The average Bonchev–Trinajstić information content (AvgIpc) is 2.79. The minimum absolute atomic E-state index is 0.418. The lowest BCUT2D eigenvalue weighted by molar-refractivity contribution is 0.839. The fraction of sp³-hybridized carbons (Fsp3) is 0.250. The summed E-state index contributed by atoms with van der Waals surface area (Å²) in [6.45, 7) is 9.71. The molecule has 0 aliphatic heterocycles. The van der Waals surface area contributed by atoms with Crippen molar-refractivity contribution in [3.63, 3.8) is 0 Å². The summed E-state index contributed by atoms with van der Waals surface area (Å²) < 4.78 is 0. The molecule has 3 nitrogen and oxygen atoms in total. The molecule has 2 N–H and O–H groups in total. The molecule has 0 spiro atoms. The highest BCUT2D eigenvalue weighted by atomic mass is 15.0. The molecule has 0 amide bonds. The van der Waals surface area contributed by atoms with Crippen molar-refractivity contribution >= 4 is 11.5 Å². The van der Waals surface area contributed by atoms with Gasteiger partial charge in [-0.25, -0.2) is 4.99 Å². The smallest absolute Gasteiger partial charge is 0.137 e. The number of hydrogen-bond donors (Lipinski definition) is 2. The largest absolute Gasteiger partial charge is 0.386 e. The highest BCUT2D eigenvalue weighted by molar-refractivity contribution is 6.09. The van der Waals surface area contributed by atoms with Crippen molar-refractivity contribution in [1.29, 1.82) is 0 Å². The number of amidine groups is 1. The molecule has 3 aromatic carbocycles. The van der Waals surface area contributed by atoms with Crippen LogP contribution in [0.4, 0.5) is 5.69 Å². The second-order valence-electron chi connectivity index (χ2n) is 8.27. The van der Waals surface area contributed by atoms with Gasteiger partial charge in [-0.1, -0.05) is 107 Å². The number of hydrogen-bond acceptors (Lipinski definition) is 2. The maximum atomic E-state index is 4.78. The molecule has 0 saturated carbocycles. The van der Waals surface area contributed by atoms with Gasteiger partial charge in [-0.3, -0.25) is 0 Å². The summed E-state index contributed by atoms with van der Waals surface area (Å²) in [5.74, 6) is 1.68. The number of anilines is 1. The molecule has 0 heterocycles. The summed E-state index contributed by atoms with van der Waals surface area (Å²) in [7, 11) is 0. The molecule has 0 aliphatic rings. The second-order valence-corrected chi connectivity index (χ2v) is 8.27. The third-order valence-corrected chi connectivity index (χ3v) is 5.21. The van der Waals surface area contributed by atoms with E-state index in [4.69, 9.17) is 4.99 Å². The summed E-state index contributed by atoms with van der Waals surface area (Å²) in [4.78, 5) is 4.78. The molecule has 0 aromatic heterocycles. The van der Waals surface area contributed by atoms with Crippen molar-refractivity contribution in [2.24, 2.45) is 4.99 Å². The Morgan fingerprint density at radius 3 is 1.94 bits per heavy atom. The van der Waals surface area contributed by atoms with Gasteiger partial charge in [0.1, 0.15) is 5.84 Å². The predicted octanol–water partition coefficient (Wildman–Crippen LogP) is 7.05. The predicted molar refractivity (Wildman–Crippen MR) is 134 cm³/mol. The van der Waals surface area contributed by atoms with E-state index in [-0.39, 0.29) is 0 Å². The number of benzene rings is 3. The molecule has 0 fully saturated rings. The normalized spacial score (nSPS) is 12.0. The average molecular weight is 412 g/mol. The van der Waals surface area contributed by atoms with Crippen LogP contribution in [0.2, 0.25) is 0 Å². The van der Waals surface area contributed by atoms with Gasteiger partial charge >= 0.3 is 0 Å². The Bertz CT molecular complexity index is 977. The first-order chi connectivity index (χ1) is 15.1. The number of nitrogens with zero attached hydrogens (tertiary/aromatic N) is 1. The lowest BCUT2D eigenvalue weighted by Crippen LogP contribution is -2.17. The van der Waals surface area contributed by atoms with Crippen LogP contribution >= 0.6 is 0 Å². The zero-order valence-electron chi connectivity index (χ0n) is 19.0. The molecule has 3 heteroatoms. The Labute approximate surface area is 187 Å². The molecule has 0 radical (unpaired) electrons. The first-order valence-electron chi connectivity index (χ1n) is 11.0. The summed E-state index contributed by atoms with van der Waals surface area (Å²) in [5.41, 5.74) is 6.08. The first kappa shape index (κ1) is 22.4. The maximum absolute atomic E-state index is 4.78. The van der Waals surface area contributed by atoms with Gasteiger partial charge in [-0.2, -0.15) is 0 Å². The van der Waals surface area contributed by atoms with Gasteiger partial charge in [0, 0.05) is 30.2 Å². The van der Waals surface area contributed by atoms with Crippen LogP contribution in [0.25, 0.3) is 0 Å². The zero-order chi connectivity index (χ0) is 22.1. The molecule has 3 aromatic rings. The third-order valence-electron chi connectivity index (χ3n) is 5.21. The quantitative estimate of drug-likeness (QED) is 0.308. The second kappa shape index (κ2) is 11.2. The molecular weight excluding hydrogens is 378 g/mol. The molecule has 0 unspecified atom stereocenters. The van der Waals surface area contributed by atoms with Gasteiger partial charge in [-0.15, -0.1) is 0 Å². The van der Waals surface area contributed by atoms with Crippen molar-refractivity contribution in [2.45, 2.75) is 46.1 Å². The van der Waals surface area contributed by atoms with Crippen LogP contribution < -0.4 is 10.6 Å². The number of para-hydroxylation sites is 1. The van der Waals surface area contributed by atoms with Crippen LogP contribution in [-0.2, 0) is 6.54 Å². The van der Waals surface area contributed by atoms with Gasteiger partial charge in [0.15, 0.2) is 0 Å². The Hall–Kier alpha value is -3.33. The van der Waals surface area contributed by atoms with Crippen LogP contribution in [0.15, 0.2) is 96.3 Å². The van der Waals surface area contributed by atoms with Gasteiger partial charge in [0.2, 0.25) is 0 Å². The topological polar surface area (TPSA) is 36.4 Å². The standard InChI is InChI=1S/C28H33N3/c1-21(2)25-16-11-17-26(22(3)4)27(25)31-28(24-14-9-6-10-15-24)30-19-18-29-20-23-12-7-5-8-13-23/h5-19,21-22,29H,20H2,1-4H3,(H,30,31). The zero-order valence-corrected chi connectivity index (χ0v) is 19.0. The van der Waals surface area contributed by atoms with E-state index in [1.807, 2.05) is 36.7 Å². The molecule has 0 aliphatic carbocycles. The van der Waals surface area contributed by atoms with Gasteiger partial charge in [0.25, 0.3) is 0 Å². The minimum Gasteiger partial charge on any atom is -0.386 e. The molecule has 31 heavy (non-hydrogen) atoms. The molecule has 0 saturated heterocycles. The Morgan fingerprint density at radius 2 is 1.35 bits per heavy atom. The summed E-state index contributed by atoms with van der Waals surface area (Å²) in [6.07, 6.45) is 3.72. The van der Waals surface area contributed by atoms with Crippen LogP contribution in [0, 0.1) is 0 Å². The van der Waals surface area contributed by atoms with Gasteiger partial charge in [-0.05, 0) is 28.5 Å². The summed E-state index contributed by atoms with van der Waals surface area (Å²) in [5, 5.41) is 6.99. The van der Waals surface area contributed by atoms with E-state index in [1.165, 1.54) is 22.4 Å². The van der Waals surface area contributed by atoms with Crippen molar-refractivity contribution < 1.29 is 0 Å². The van der Waals surface area contributed by atoms with Gasteiger partial charge < -0.3 is 10.6 Å². The molecule has 3 rings (SSSR count). The minimum atomic E-state index is 0.418. The van der Waals surface area contributed by atoms with Crippen LogP contribution in [0.1, 0.15) is 61.8 Å². The van der Waals surface area contributed by atoms with E-state index in [1.54, 1.807) is 0 Å². The maximum Gasteiger partial charge on any atom is 0.137 e. The first-order valence-corrected chi connectivity index (χ1v) is 11.0. The molecule has 0 atom stereocenters. The summed E-state index contributed by atoms with van der Waals surface area (Å²) >= 11 is 0. The lowest BCUT2D eigenvalue weighted by Gasteiger charge is -2.21. The van der Waals surface area contributed by atoms with Crippen molar-refractivity contribution in [2.75, 3.05) is 5.32 Å². The Morgan fingerprint density at radius 1 is 0.774 bits per heavy atom. The highest BCUT2D eigenvalue weighted by Crippen LogP contribution is 2.32. The number of rotatable bonds is 8. The van der Waals surface area contributed by atoms with Crippen LogP contribution in [-0.4, -0.2) is 5.84 Å². The van der Waals surface area contributed by atoms with Crippen molar-refractivity contribution in [1.82, 2.24) is 5.32 Å². The SMILES string of the molecule is CC(C)c1cccc(C(C)C)c1NC(=NC=CNCc1ccccc1)c1ccccc1. The summed E-state index contributed by atoms with van der Waals surface area (Å²) in [6, 6.07) is 27.2. The van der Waals surface area contributed by atoms with E-state index < -0.39 is 0 Å². The number of aliphatic imine (C=N–C) groups is 1. The van der Waals surface area contributed by atoms with E-state index in [9.17, 15) is 0 Å². The fourth-order valence-electron chi connectivity index (χ4n) is 3.53. The Kier molecular flexibility index (Phi) is 8.05. The van der Waals surface area contributed by atoms with Crippen molar-refractivity contribution in [3.05, 3.63) is 114 Å². The molecule has 0 bridgehead atoms. The molecular formula is C28H33N3. The third kappa shape index (κ3) is 6.32. The Balaban J connectivity index is 1.87. The van der Waals surface area contributed by atoms with E-state index in [0.29, 0.717) is 11.8 Å². The van der Waals surface area contributed by atoms with E-state index in [0.717, 1.165) is 17.9 Å². The lowest BCUT2D eigenvalue weighted by atomic mass is 9.92.